The van der Waals surface area contributed by atoms with Crippen LogP contribution in [0.15, 0.2) is 11.3 Å². The number of thioether (sulfide) groups is 1. The molecule has 3 atom stereocenters. The van der Waals surface area contributed by atoms with Crippen LogP contribution in [0.4, 0.5) is 0 Å². The molecule has 0 amide bonds. The molecule has 2 saturated carbocycles. The maximum absolute atomic E-state index is 11.6. The molecule has 1 heterocycles. The molecule has 4 heteroatoms. The normalized spacial score (nSPS) is 35.7. The van der Waals surface area contributed by atoms with Crippen LogP contribution < -0.4 is 0 Å². The Labute approximate surface area is 130 Å². The maximum atomic E-state index is 11.6. The van der Waals surface area contributed by atoms with Gasteiger partial charge in [0.1, 0.15) is 11.3 Å². The minimum atomic E-state index is -0.242. The second-order valence-corrected chi connectivity index (χ2v) is 7.79. The highest BCUT2D eigenvalue weighted by Crippen LogP contribution is 2.44. The average molecular weight is 308 g/mol. The van der Waals surface area contributed by atoms with E-state index in [0.717, 1.165) is 30.0 Å². The van der Waals surface area contributed by atoms with Crippen molar-refractivity contribution >= 4 is 22.7 Å². The van der Waals surface area contributed by atoms with Crippen molar-refractivity contribution in [3.63, 3.8) is 0 Å². The van der Waals surface area contributed by atoms with Gasteiger partial charge >= 0.3 is 0 Å². The number of rotatable bonds is 3. The Hall–Kier alpha value is -0.770. The first-order valence-electron chi connectivity index (χ1n) is 8.27. The molecule has 3 rings (SSSR count). The minimum Gasteiger partial charge on any atom is -0.511 e. The Bertz CT molecular complexity index is 451. The maximum Gasteiger partial charge on any atom is 0.226 e. The van der Waals surface area contributed by atoms with Crippen LogP contribution in [0.25, 0.3) is 0 Å². The van der Waals surface area contributed by atoms with Gasteiger partial charge in [-0.15, -0.1) is 0 Å². The Balaban J connectivity index is 1.54. The SMILES string of the molecule is O=C1CSC(=O)C1=C(O)CCC1CCC2CCCCC2C1. The lowest BCUT2D eigenvalue weighted by atomic mass is 9.67. The Morgan fingerprint density at radius 1 is 1.10 bits per heavy atom. The number of aliphatic hydroxyl groups is 1. The van der Waals surface area contributed by atoms with Gasteiger partial charge < -0.3 is 5.11 Å². The Morgan fingerprint density at radius 3 is 2.57 bits per heavy atom. The summed E-state index contributed by atoms with van der Waals surface area (Å²) in [4.78, 5) is 23.2. The standard InChI is InChI=1S/C17H24O3S/c18-14(16-15(19)10-21-17(16)20)8-6-11-5-7-12-3-1-2-4-13(12)9-11/h11-13,18H,1-10H2. The molecule has 0 aromatic heterocycles. The van der Waals surface area contributed by atoms with Crippen molar-refractivity contribution in [2.45, 2.75) is 57.8 Å². The topological polar surface area (TPSA) is 54.4 Å². The van der Waals surface area contributed by atoms with Crippen LogP contribution in [-0.2, 0) is 9.59 Å². The summed E-state index contributed by atoms with van der Waals surface area (Å²) < 4.78 is 0. The van der Waals surface area contributed by atoms with E-state index >= 15 is 0 Å². The van der Waals surface area contributed by atoms with Crippen LogP contribution in [0, 0.1) is 17.8 Å². The van der Waals surface area contributed by atoms with Gasteiger partial charge in [0.2, 0.25) is 5.12 Å². The fourth-order valence-corrected chi connectivity index (χ4v) is 5.15. The molecule has 1 N–H and O–H groups in total. The van der Waals surface area contributed by atoms with Crippen molar-refractivity contribution in [2.24, 2.45) is 17.8 Å². The van der Waals surface area contributed by atoms with E-state index < -0.39 is 0 Å². The summed E-state index contributed by atoms with van der Waals surface area (Å²) in [6, 6.07) is 0. The Morgan fingerprint density at radius 2 is 1.86 bits per heavy atom. The molecule has 3 unspecified atom stereocenters. The summed E-state index contributed by atoms with van der Waals surface area (Å²) in [6.07, 6.45) is 10.8. The van der Waals surface area contributed by atoms with E-state index in [4.69, 9.17) is 0 Å². The van der Waals surface area contributed by atoms with E-state index in [0.29, 0.717) is 12.3 Å². The van der Waals surface area contributed by atoms with Gasteiger partial charge in [0, 0.05) is 6.42 Å². The first kappa shape index (κ1) is 15.1. The first-order chi connectivity index (χ1) is 10.1. The third kappa shape index (κ3) is 3.36. The molecule has 0 bridgehead atoms. The largest absolute Gasteiger partial charge is 0.511 e. The second kappa shape index (κ2) is 6.55. The van der Waals surface area contributed by atoms with E-state index in [-0.39, 0.29) is 28.0 Å². The fourth-order valence-electron chi connectivity index (χ4n) is 4.37. The second-order valence-electron chi connectivity index (χ2n) is 6.84. The van der Waals surface area contributed by atoms with Crippen molar-refractivity contribution in [1.82, 2.24) is 0 Å². The summed E-state index contributed by atoms with van der Waals surface area (Å²) in [5.41, 5.74) is 0.0753. The van der Waals surface area contributed by atoms with Crippen LogP contribution in [-0.4, -0.2) is 21.8 Å². The van der Waals surface area contributed by atoms with Crippen LogP contribution in [0.1, 0.15) is 57.8 Å². The van der Waals surface area contributed by atoms with Gasteiger partial charge in [-0.2, -0.15) is 0 Å². The Kier molecular flexibility index (Phi) is 4.72. The molecule has 2 aliphatic carbocycles. The zero-order valence-electron chi connectivity index (χ0n) is 12.5. The van der Waals surface area contributed by atoms with Crippen molar-refractivity contribution < 1.29 is 14.7 Å². The predicted octanol–water partition coefficient (Wildman–Crippen LogP) is 4.03. The van der Waals surface area contributed by atoms with E-state index in [9.17, 15) is 14.7 Å². The van der Waals surface area contributed by atoms with Gasteiger partial charge in [0.25, 0.3) is 0 Å². The lowest BCUT2D eigenvalue weighted by Crippen LogP contribution is -2.27. The highest BCUT2D eigenvalue weighted by molar-refractivity contribution is 8.15. The number of allylic oxidation sites excluding steroid dienone is 1. The summed E-state index contributed by atoms with van der Waals surface area (Å²) in [5.74, 6) is 2.53. The zero-order valence-corrected chi connectivity index (χ0v) is 13.3. The summed E-state index contributed by atoms with van der Waals surface area (Å²) in [7, 11) is 0. The third-order valence-corrected chi connectivity index (χ3v) is 6.42. The number of carbonyl (C=O) groups excluding carboxylic acids is 2. The van der Waals surface area contributed by atoms with E-state index in [1.54, 1.807) is 0 Å². The van der Waals surface area contributed by atoms with Gasteiger partial charge in [0.15, 0.2) is 5.78 Å². The average Bonchev–Trinajstić information content (AvgIpc) is 2.84. The molecule has 3 fully saturated rings. The quantitative estimate of drug-likeness (QED) is 0.486. The van der Waals surface area contributed by atoms with Gasteiger partial charge in [0.05, 0.1) is 5.75 Å². The van der Waals surface area contributed by atoms with Crippen LogP contribution in [0.3, 0.4) is 0 Å². The molecule has 3 aliphatic rings. The highest BCUT2D eigenvalue weighted by atomic mass is 32.2. The number of fused-ring (bicyclic) bond motifs is 1. The number of Topliss-reactive ketones (excluding diaryl/α,β-unsaturated/α-hetero) is 1. The fraction of sp³-hybridized carbons (Fsp3) is 0.765. The van der Waals surface area contributed by atoms with Crippen LogP contribution in [0.5, 0.6) is 0 Å². The van der Waals surface area contributed by atoms with Gasteiger partial charge in [-0.05, 0) is 37.0 Å². The van der Waals surface area contributed by atoms with Gasteiger partial charge in [-0.25, -0.2) is 0 Å². The summed E-state index contributed by atoms with van der Waals surface area (Å²) in [6.45, 7) is 0. The molecule has 3 nitrogen and oxygen atoms in total. The molecule has 0 aromatic rings. The molecular formula is C17H24O3S. The van der Waals surface area contributed by atoms with Crippen molar-refractivity contribution in [1.29, 1.82) is 0 Å². The lowest BCUT2D eigenvalue weighted by Gasteiger charge is -2.39. The number of aliphatic hydroxyl groups excluding tert-OH is 1. The molecule has 0 radical (unpaired) electrons. The smallest absolute Gasteiger partial charge is 0.226 e. The number of hydrogen-bond donors (Lipinski definition) is 1. The first-order valence-corrected chi connectivity index (χ1v) is 9.26. The lowest BCUT2D eigenvalue weighted by molar-refractivity contribution is -0.115. The third-order valence-electron chi connectivity index (χ3n) is 5.54. The van der Waals surface area contributed by atoms with E-state index in [1.807, 2.05) is 0 Å². The number of carbonyl (C=O) groups is 2. The number of ketones is 1. The van der Waals surface area contributed by atoms with Crippen LogP contribution in [0.2, 0.25) is 0 Å². The molecule has 21 heavy (non-hydrogen) atoms. The molecular weight excluding hydrogens is 284 g/mol. The molecule has 116 valence electrons. The predicted molar refractivity (Wildman–Crippen MR) is 84.1 cm³/mol. The summed E-state index contributed by atoms with van der Waals surface area (Å²) in [5, 5.41) is 9.84. The monoisotopic (exact) mass is 308 g/mol. The van der Waals surface area contributed by atoms with E-state index in [2.05, 4.69) is 0 Å². The minimum absolute atomic E-state index is 0.0424. The molecule has 0 aromatic carbocycles. The van der Waals surface area contributed by atoms with Crippen molar-refractivity contribution in [3.8, 4) is 0 Å². The van der Waals surface area contributed by atoms with Crippen molar-refractivity contribution in [3.05, 3.63) is 11.3 Å². The van der Waals surface area contributed by atoms with E-state index in [1.165, 1.54) is 44.9 Å². The molecule has 1 aliphatic heterocycles. The zero-order chi connectivity index (χ0) is 14.8. The number of hydrogen-bond acceptors (Lipinski definition) is 4. The summed E-state index contributed by atoms with van der Waals surface area (Å²) >= 11 is 1.01. The van der Waals surface area contributed by atoms with Crippen LogP contribution >= 0.6 is 11.8 Å². The molecule has 0 spiro atoms. The molecule has 1 saturated heterocycles. The van der Waals surface area contributed by atoms with Gasteiger partial charge in [-0.3, -0.25) is 9.59 Å². The van der Waals surface area contributed by atoms with Gasteiger partial charge in [-0.1, -0.05) is 43.9 Å². The van der Waals surface area contributed by atoms with Crippen molar-refractivity contribution in [2.75, 3.05) is 5.75 Å². The highest BCUT2D eigenvalue weighted by Gasteiger charge is 2.33.